The SMILES string of the molecule is c1coc(-c2cc(-c3ccc(-c4cc(-c5ccco5)nc(-c5ccco5)c4)cc3)cc(-c3ccco3)n2)c1. The van der Waals surface area contributed by atoms with Crippen LogP contribution in [0.3, 0.4) is 0 Å². The summed E-state index contributed by atoms with van der Waals surface area (Å²) in [5, 5.41) is 0. The lowest BCUT2D eigenvalue weighted by Gasteiger charge is -2.10. The Morgan fingerprint density at radius 3 is 0.868 bits per heavy atom. The van der Waals surface area contributed by atoms with Crippen LogP contribution in [-0.4, -0.2) is 9.97 Å². The van der Waals surface area contributed by atoms with E-state index in [1.165, 1.54) is 0 Å². The lowest BCUT2D eigenvalue weighted by atomic mass is 9.98. The zero-order valence-corrected chi connectivity index (χ0v) is 20.1. The second-order valence-corrected chi connectivity index (χ2v) is 8.74. The number of pyridine rings is 2. The molecule has 0 aliphatic heterocycles. The third-order valence-electron chi connectivity index (χ3n) is 6.30. The van der Waals surface area contributed by atoms with Gasteiger partial charge in [-0.2, -0.15) is 0 Å². The van der Waals surface area contributed by atoms with Crippen molar-refractivity contribution in [3.63, 3.8) is 0 Å². The average Bonchev–Trinajstić information content (AvgIpc) is 3.81. The highest BCUT2D eigenvalue weighted by Crippen LogP contribution is 2.34. The van der Waals surface area contributed by atoms with Crippen molar-refractivity contribution in [1.82, 2.24) is 9.97 Å². The van der Waals surface area contributed by atoms with E-state index in [1.807, 2.05) is 72.8 Å². The largest absolute Gasteiger partial charge is 0.463 e. The van der Waals surface area contributed by atoms with Crippen LogP contribution in [0.5, 0.6) is 0 Å². The standard InChI is InChI=1S/C32H20N2O4/c1-5-29(35-13-1)25-17-23(18-26(33-25)30-6-2-14-36-30)21-9-11-22(12-10-21)24-19-27(31-7-3-15-37-31)34-28(20-24)32-8-4-16-38-32/h1-20H. The van der Waals surface area contributed by atoms with Crippen molar-refractivity contribution in [2.24, 2.45) is 0 Å². The van der Waals surface area contributed by atoms with Crippen molar-refractivity contribution < 1.29 is 17.7 Å². The molecule has 0 N–H and O–H groups in total. The zero-order chi connectivity index (χ0) is 25.3. The van der Waals surface area contributed by atoms with E-state index in [0.717, 1.165) is 45.0 Å². The van der Waals surface area contributed by atoms with Gasteiger partial charge in [0.05, 0.1) is 25.1 Å². The number of hydrogen-bond acceptors (Lipinski definition) is 6. The van der Waals surface area contributed by atoms with Crippen LogP contribution >= 0.6 is 0 Å². The summed E-state index contributed by atoms with van der Waals surface area (Å²) in [5.41, 5.74) is 7.06. The second kappa shape index (κ2) is 9.26. The predicted molar refractivity (Wildman–Crippen MR) is 144 cm³/mol. The van der Waals surface area contributed by atoms with E-state index in [9.17, 15) is 0 Å². The molecule has 0 aliphatic carbocycles. The van der Waals surface area contributed by atoms with Crippen LogP contribution in [0.25, 0.3) is 68.1 Å². The molecule has 0 aliphatic rings. The number of rotatable bonds is 6. The number of nitrogens with zero attached hydrogens (tertiary/aromatic N) is 2. The molecule has 0 fully saturated rings. The van der Waals surface area contributed by atoms with Gasteiger partial charge < -0.3 is 17.7 Å². The van der Waals surface area contributed by atoms with E-state index in [-0.39, 0.29) is 0 Å². The van der Waals surface area contributed by atoms with E-state index in [0.29, 0.717) is 23.0 Å². The van der Waals surface area contributed by atoms with Gasteiger partial charge >= 0.3 is 0 Å². The molecular weight excluding hydrogens is 476 g/mol. The smallest absolute Gasteiger partial charge is 0.152 e. The summed E-state index contributed by atoms with van der Waals surface area (Å²) in [7, 11) is 0. The lowest BCUT2D eigenvalue weighted by Crippen LogP contribution is -1.91. The van der Waals surface area contributed by atoms with Gasteiger partial charge in [0.15, 0.2) is 23.0 Å². The fraction of sp³-hybridized carbons (Fsp3) is 0. The molecule has 0 atom stereocenters. The van der Waals surface area contributed by atoms with Gasteiger partial charge in [0, 0.05) is 0 Å². The first-order valence-corrected chi connectivity index (χ1v) is 12.1. The summed E-state index contributed by atoms with van der Waals surface area (Å²) in [6.07, 6.45) is 6.59. The lowest BCUT2D eigenvalue weighted by molar-refractivity contribution is 0.575. The van der Waals surface area contributed by atoms with Gasteiger partial charge in [-0.15, -0.1) is 0 Å². The summed E-state index contributed by atoms with van der Waals surface area (Å²) in [6.45, 7) is 0. The maximum absolute atomic E-state index is 5.63. The average molecular weight is 497 g/mol. The van der Waals surface area contributed by atoms with E-state index in [1.54, 1.807) is 25.1 Å². The highest BCUT2D eigenvalue weighted by atomic mass is 16.3. The van der Waals surface area contributed by atoms with Crippen LogP contribution in [-0.2, 0) is 0 Å². The minimum Gasteiger partial charge on any atom is -0.463 e. The van der Waals surface area contributed by atoms with Crippen molar-refractivity contribution in [1.29, 1.82) is 0 Å². The maximum Gasteiger partial charge on any atom is 0.152 e. The van der Waals surface area contributed by atoms with Gasteiger partial charge in [-0.05, 0) is 95.1 Å². The Labute approximate surface area is 217 Å². The summed E-state index contributed by atoms with van der Waals surface area (Å²) in [5.74, 6) is 2.79. The summed E-state index contributed by atoms with van der Waals surface area (Å²) in [6, 6.07) is 31.5. The fourth-order valence-electron chi connectivity index (χ4n) is 4.45. The fourth-order valence-corrected chi connectivity index (χ4v) is 4.45. The molecule has 0 spiro atoms. The molecular formula is C32H20N2O4. The van der Waals surface area contributed by atoms with Gasteiger partial charge in [-0.1, -0.05) is 24.3 Å². The molecule has 38 heavy (non-hydrogen) atoms. The molecule has 6 aromatic heterocycles. The number of benzene rings is 1. The van der Waals surface area contributed by atoms with Gasteiger partial charge in [-0.25, -0.2) is 9.97 Å². The van der Waals surface area contributed by atoms with Crippen LogP contribution in [0.4, 0.5) is 0 Å². The third kappa shape index (κ3) is 4.14. The molecule has 6 heterocycles. The molecule has 6 nitrogen and oxygen atoms in total. The Morgan fingerprint density at radius 1 is 0.342 bits per heavy atom. The Morgan fingerprint density at radius 2 is 0.632 bits per heavy atom. The minimum atomic E-state index is 0.698. The number of furan rings is 4. The Bertz CT molecular complexity index is 1540. The monoisotopic (exact) mass is 496 g/mol. The first-order chi connectivity index (χ1) is 18.8. The van der Waals surface area contributed by atoms with E-state index in [2.05, 4.69) is 24.3 Å². The summed E-state index contributed by atoms with van der Waals surface area (Å²) in [4.78, 5) is 9.53. The van der Waals surface area contributed by atoms with Crippen LogP contribution in [0.1, 0.15) is 0 Å². The quantitative estimate of drug-likeness (QED) is 0.229. The van der Waals surface area contributed by atoms with Crippen molar-refractivity contribution in [2.75, 3.05) is 0 Å². The normalized spacial score (nSPS) is 11.2. The molecule has 6 heteroatoms. The first-order valence-electron chi connectivity index (χ1n) is 12.1. The van der Waals surface area contributed by atoms with Gasteiger partial charge in [0.2, 0.25) is 0 Å². The van der Waals surface area contributed by atoms with Crippen molar-refractivity contribution in [3.05, 3.63) is 122 Å². The highest BCUT2D eigenvalue weighted by molar-refractivity contribution is 5.78. The maximum atomic E-state index is 5.63. The molecule has 0 saturated carbocycles. The van der Waals surface area contributed by atoms with Gasteiger partial charge in [-0.3, -0.25) is 0 Å². The van der Waals surface area contributed by atoms with Crippen LogP contribution in [0.2, 0.25) is 0 Å². The molecule has 1 aromatic carbocycles. The van der Waals surface area contributed by atoms with E-state index in [4.69, 9.17) is 27.6 Å². The molecule has 0 bridgehead atoms. The Kier molecular flexibility index (Phi) is 5.33. The molecule has 0 radical (unpaired) electrons. The Balaban J connectivity index is 1.30. The number of aromatic nitrogens is 2. The molecule has 0 unspecified atom stereocenters. The van der Waals surface area contributed by atoms with E-state index < -0.39 is 0 Å². The third-order valence-corrected chi connectivity index (χ3v) is 6.30. The predicted octanol–water partition coefficient (Wildman–Crippen LogP) is 8.85. The molecule has 0 saturated heterocycles. The summed E-state index contributed by atoms with van der Waals surface area (Å²) >= 11 is 0. The second-order valence-electron chi connectivity index (χ2n) is 8.74. The van der Waals surface area contributed by atoms with Crippen LogP contribution in [0.15, 0.2) is 140 Å². The van der Waals surface area contributed by atoms with Crippen molar-refractivity contribution in [3.8, 4) is 68.1 Å². The van der Waals surface area contributed by atoms with Crippen molar-refractivity contribution in [2.45, 2.75) is 0 Å². The topological polar surface area (TPSA) is 78.3 Å². The first kappa shape index (κ1) is 21.9. The Hall–Kier alpha value is -5.36. The molecule has 0 amide bonds. The van der Waals surface area contributed by atoms with Crippen molar-refractivity contribution >= 4 is 0 Å². The van der Waals surface area contributed by atoms with E-state index >= 15 is 0 Å². The van der Waals surface area contributed by atoms with Crippen LogP contribution in [0, 0.1) is 0 Å². The molecule has 182 valence electrons. The van der Waals surface area contributed by atoms with Gasteiger partial charge in [0.25, 0.3) is 0 Å². The minimum absolute atomic E-state index is 0.698. The van der Waals surface area contributed by atoms with Gasteiger partial charge in [0.1, 0.15) is 22.8 Å². The number of hydrogen-bond donors (Lipinski definition) is 0. The molecule has 7 rings (SSSR count). The van der Waals surface area contributed by atoms with Crippen LogP contribution < -0.4 is 0 Å². The summed E-state index contributed by atoms with van der Waals surface area (Å²) < 4.78 is 22.5. The highest BCUT2D eigenvalue weighted by Gasteiger charge is 2.14. The molecule has 7 aromatic rings. The zero-order valence-electron chi connectivity index (χ0n) is 20.1.